The molecule has 5 heteroatoms. The van der Waals surface area contributed by atoms with Crippen LogP contribution < -0.4 is 5.32 Å². The summed E-state index contributed by atoms with van der Waals surface area (Å²) in [6.45, 7) is 6.13. The van der Waals surface area contributed by atoms with E-state index in [-0.39, 0.29) is 17.1 Å². The van der Waals surface area contributed by atoms with Gasteiger partial charge in [-0.3, -0.25) is 4.79 Å². The third kappa shape index (κ3) is 2.28. The Balaban J connectivity index is 1.97. The van der Waals surface area contributed by atoms with Gasteiger partial charge in [-0.1, -0.05) is 48.8 Å². The number of benzene rings is 1. The second-order valence-corrected chi connectivity index (χ2v) is 7.83. The van der Waals surface area contributed by atoms with E-state index >= 15 is 0 Å². The topological polar surface area (TPSA) is 55.1 Å². The third-order valence-electron chi connectivity index (χ3n) is 4.89. The summed E-state index contributed by atoms with van der Waals surface area (Å²) in [6, 6.07) is 7.68. The lowest BCUT2D eigenvalue weighted by Crippen LogP contribution is -2.33. The van der Waals surface area contributed by atoms with Crippen molar-refractivity contribution in [1.29, 1.82) is 0 Å². The summed E-state index contributed by atoms with van der Waals surface area (Å²) in [5.41, 5.74) is 4.29. The zero-order valence-electron chi connectivity index (χ0n) is 13.9. The van der Waals surface area contributed by atoms with Crippen molar-refractivity contribution in [3.63, 3.8) is 0 Å². The molecular weight excluding hydrogens is 324 g/mol. The van der Waals surface area contributed by atoms with Crippen molar-refractivity contribution in [1.82, 2.24) is 5.16 Å². The number of aryl methyl sites for hydroxylation is 1. The maximum absolute atomic E-state index is 13.0. The predicted octanol–water partition coefficient (Wildman–Crippen LogP) is 4.84. The monoisotopic (exact) mass is 342 g/mol. The van der Waals surface area contributed by atoms with Crippen molar-refractivity contribution in [3.8, 4) is 0 Å². The number of rotatable bonds is 1. The Labute approximate surface area is 145 Å². The molecule has 0 fully saturated rings. The van der Waals surface area contributed by atoms with Gasteiger partial charge in [0.15, 0.2) is 5.78 Å². The highest BCUT2D eigenvalue weighted by Crippen LogP contribution is 2.50. The van der Waals surface area contributed by atoms with Gasteiger partial charge in [-0.25, -0.2) is 0 Å². The van der Waals surface area contributed by atoms with E-state index in [4.69, 9.17) is 16.1 Å². The Hall–Kier alpha value is -2.07. The summed E-state index contributed by atoms with van der Waals surface area (Å²) >= 11 is 6.47. The smallest absolute Gasteiger partial charge is 0.233 e. The van der Waals surface area contributed by atoms with Crippen LogP contribution in [0.5, 0.6) is 0 Å². The summed E-state index contributed by atoms with van der Waals surface area (Å²) in [6.07, 6.45) is 1.34. The highest BCUT2D eigenvalue weighted by atomic mass is 35.5. The second-order valence-electron chi connectivity index (χ2n) is 7.42. The highest BCUT2D eigenvalue weighted by Gasteiger charge is 2.43. The van der Waals surface area contributed by atoms with Crippen LogP contribution in [0.2, 0.25) is 5.02 Å². The van der Waals surface area contributed by atoms with E-state index in [0.29, 0.717) is 17.3 Å². The Morgan fingerprint density at radius 1 is 1.29 bits per heavy atom. The molecule has 124 valence electrons. The summed E-state index contributed by atoms with van der Waals surface area (Å²) < 4.78 is 5.48. The van der Waals surface area contributed by atoms with Gasteiger partial charge in [0, 0.05) is 28.6 Å². The lowest BCUT2D eigenvalue weighted by Gasteiger charge is -2.37. The maximum Gasteiger partial charge on any atom is 0.233 e. The van der Waals surface area contributed by atoms with Crippen molar-refractivity contribution >= 4 is 23.3 Å². The molecule has 1 aliphatic carbocycles. The minimum Gasteiger partial charge on any atom is -0.338 e. The maximum atomic E-state index is 13.0. The molecule has 0 bridgehead atoms. The zero-order valence-corrected chi connectivity index (χ0v) is 14.7. The standard InChI is InChI=1S/C19H19ClN2O2/c1-10-15-16(11-6-4-5-7-12(11)20)17-13(21-18(15)24-22-10)8-19(2,3)9-14(17)23/h4-7,16,21H,8-9H2,1-3H3. The molecule has 0 spiro atoms. The van der Waals surface area contributed by atoms with Crippen molar-refractivity contribution in [2.24, 2.45) is 5.41 Å². The average molecular weight is 343 g/mol. The molecule has 0 saturated heterocycles. The van der Waals surface area contributed by atoms with Gasteiger partial charge >= 0.3 is 0 Å². The number of Topliss-reactive ketones (excluding diaryl/α,β-unsaturated/α-hetero) is 1. The molecule has 24 heavy (non-hydrogen) atoms. The lowest BCUT2D eigenvalue weighted by atomic mass is 9.69. The minimum atomic E-state index is -0.222. The Kier molecular flexibility index (Phi) is 3.36. The van der Waals surface area contributed by atoms with Crippen LogP contribution in [0.25, 0.3) is 0 Å². The molecule has 2 heterocycles. The van der Waals surface area contributed by atoms with Crippen molar-refractivity contribution in [3.05, 3.63) is 57.4 Å². The van der Waals surface area contributed by atoms with Gasteiger partial charge in [-0.15, -0.1) is 0 Å². The van der Waals surface area contributed by atoms with E-state index in [2.05, 4.69) is 24.3 Å². The first kappa shape index (κ1) is 15.5. The summed E-state index contributed by atoms with van der Waals surface area (Å²) in [7, 11) is 0. The van der Waals surface area contributed by atoms with Crippen molar-refractivity contribution in [2.45, 2.75) is 39.5 Å². The first-order chi connectivity index (χ1) is 11.4. The van der Waals surface area contributed by atoms with Gasteiger partial charge in [0.25, 0.3) is 0 Å². The van der Waals surface area contributed by atoms with Gasteiger partial charge in [-0.05, 0) is 30.4 Å². The van der Waals surface area contributed by atoms with Gasteiger partial charge in [-0.2, -0.15) is 0 Å². The molecule has 0 saturated carbocycles. The number of hydrogen-bond acceptors (Lipinski definition) is 4. The minimum absolute atomic E-state index is 0.0689. The SMILES string of the molecule is Cc1noc2c1C(c1ccccc1Cl)C1=C(CC(C)(C)CC1=O)N2. The van der Waals surface area contributed by atoms with Crippen LogP contribution in [0.15, 0.2) is 40.1 Å². The largest absolute Gasteiger partial charge is 0.338 e. The summed E-state index contributed by atoms with van der Waals surface area (Å²) in [5.74, 6) is 0.575. The highest BCUT2D eigenvalue weighted by molar-refractivity contribution is 6.31. The third-order valence-corrected chi connectivity index (χ3v) is 5.23. The zero-order chi connectivity index (χ0) is 17.1. The number of nitrogens with one attached hydrogen (secondary N) is 1. The first-order valence-electron chi connectivity index (χ1n) is 8.11. The van der Waals surface area contributed by atoms with Crippen LogP contribution in [0, 0.1) is 12.3 Å². The molecule has 4 nitrogen and oxygen atoms in total. The number of allylic oxidation sites excluding steroid dienone is 2. The molecule has 1 aliphatic heterocycles. The Morgan fingerprint density at radius 2 is 2.04 bits per heavy atom. The molecule has 1 unspecified atom stereocenters. The normalized spacial score (nSPS) is 22.0. The van der Waals surface area contributed by atoms with E-state index in [9.17, 15) is 4.79 Å². The van der Waals surface area contributed by atoms with Crippen LogP contribution in [0.3, 0.4) is 0 Å². The molecule has 0 radical (unpaired) electrons. The Bertz CT molecular complexity index is 879. The molecule has 1 atom stereocenters. The lowest BCUT2D eigenvalue weighted by molar-refractivity contribution is -0.118. The van der Waals surface area contributed by atoms with E-state index in [1.54, 1.807) is 0 Å². The molecular formula is C19H19ClN2O2. The Morgan fingerprint density at radius 3 is 2.79 bits per heavy atom. The molecule has 2 aliphatic rings. The van der Waals surface area contributed by atoms with Gasteiger partial charge in [0.05, 0.1) is 11.3 Å². The van der Waals surface area contributed by atoms with E-state index in [1.807, 2.05) is 31.2 Å². The number of carbonyl (C=O) groups is 1. The molecule has 4 rings (SSSR count). The average Bonchev–Trinajstić information content (AvgIpc) is 2.86. The number of halogens is 1. The van der Waals surface area contributed by atoms with Crippen LogP contribution in [0.4, 0.5) is 5.88 Å². The van der Waals surface area contributed by atoms with Crippen LogP contribution in [0.1, 0.15) is 49.4 Å². The molecule has 1 N–H and O–H groups in total. The van der Waals surface area contributed by atoms with Gasteiger partial charge < -0.3 is 9.84 Å². The number of fused-ring (bicyclic) bond motifs is 1. The number of hydrogen-bond donors (Lipinski definition) is 1. The predicted molar refractivity (Wildman–Crippen MR) is 93.2 cm³/mol. The van der Waals surface area contributed by atoms with Crippen molar-refractivity contribution < 1.29 is 9.32 Å². The summed E-state index contributed by atoms with van der Waals surface area (Å²) in [5, 5.41) is 8.07. The van der Waals surface area contributed by atoms with Gasteiger partial charge in [0.1, 0.15) is 0 Å². The van der Waals surface area contributed by atoms with E-state index in [1.165, 1.54) is 0 Å². The first-order valence-corrected chi connectivity index (χ1v) is 8.49. The van der Waals surface area contributed by atoms with E-state index in [0.717, 1.165) is 34.5 Å². The quantitative estimate of drug-likeness (QED) is 0.805. The summed E-state index contributed by atoms with van der Waals surface area (Å²) in [4.78, 5) is 13.0. The number of ketones is 1. The van der Waals surface area contributed by atoms with E-state index < -0.39 is 0 Å². The van der Waals surface area contributed by atoms with Crippen LogP contribution >= 0.6 is 11.6 Å². The fourth-order valence-corrected chi connectivity index (χ4v) is 4.13. The molecule has 0 amide bonds. The number of carbonyl (C=O) groups excluding carboxylic acids is 1. The van der Waals surface area contributed by atoms with Crippen LogP contribution in [-0.4, -0.2) is 10.9 Å². The fourth-order valence-electron chi connectivity index (χ4n) is 3.89. The van der Waals surface area contributed by atoms with Gasteiger partial charge in [0.2, 0.25) is 5.88 Å². The van der Waals surface area contributed by atoms with Crippen LogP contribution in [-0.2, 0) is 4.79 Å². The second kappa shape index (κ2) is 5.21. The number of anilines is 1. The molecule has 2 aromatic rings. The fraction of sp³-hybridized carbons (Fsp3) is 0.368. The number of aromatic nitrogens is 1. The van der Waals surface area contributed by atoms with Crippen molar-refractivity contribution in [2.75, 3.05) is 5.32 Å². The molecule has 1 aromatic heterocycles. The number of nitrogens with zero attached hydrogens (tertiary/aromatic N) is 1. The molecule has 1 aromatic carbocycles.